The number of benzene rings is 1. The van der Waals surface area contributed by atoms with Gasteiger partial charge in [-0.3, -0.25) is 4.90 Å². The van der Waals surface area contributed by atoms with Crippen LogP contribution in [0.15, 0.2) is 48.7 Å². The second-order valence-corrected chi connectivity index (χ2v) is 6.75. The van der Waals surface area contributed by atoms with Crippen molar-refractivity contribution in [2.45, 2.75) is 45.1 Å². The van der Waals surface area contributed by atoms with Gasteiger partial charge in [0.05, 0.1) is 0 Å². The molecule has 0 bridgehead atoms. The maximum absolute atomic E-state index is 4.74. The van der Waals surface area contributed by atoms with E-state index in [9.17, 15) is 0 Å². The molecule has 0 spiro atoms. The summed E-state index contributed by atoms with van der Waals surface area (Å²) in [6.07, 6.45) is 8.57. The highest BCUT2D eigenvalue weighted by Crippen LogP contribution is 2.32. The molecule has 3 nitrogen and oxygen atoms in total. The van der Waals surface area contributed by atoms with E-state index >= 15 is 0 Å². The number of likely N-dealkylation sites (tertiary alicyclic amines) is 1. The molecular weight excluding hydrogens is 294 g/mol. The summed E-state index contributed by atoms with van der Waals surface area (Å²) in [4.78, 5) is 9.54. The summed E-state index contributed by atoms with van der Waals surface area (Å²) in [5.74, 6) is 1.00. The number of hydrogen-bond donors (Lipinski definition) is 0. The molecule has 3 heteroatoms. The third kappa shape index (κ3) is 3.96. The van der Waals surface area contributed by atoms with Crippen LogP contribution in [0, 0.1) is 0 Å². The fourth-order valence-corrected chi connectivity index (χ4v) is 3.57. The lowest BCUT2D eigenvalue weighted by atomic mass is 9.96. The van der Waals surface area contributed by atoms with E-state index in [4.69, 9.17) is 4.98 Å². The molecule has 1 unspecified atom stereocenters. The Morgan fingerprint density at radius 1 is 1.12 bits per heavy atom. The van der Waals surface area contributed by atoms with Crippen molar-refractivity contribution in [1.82, 2.24) is 9.88 Å². The molecule has 2 heterocycles. The third-order valence-corrected chi connectivity index (χ3v) is 5.06. The highest BCUT2D eigenvalue weighted by molar-refractivity contribution is 5.58. The van der Waals surface area contributed by atoms with Crippen molar-refractivity contribution in [1.29, 1.82) is 0 Å². The van der Waals surface area contributed by atoms with Gasteiger partial charge in [0.15, 0.2) is 0 Å². The van der Waals surface area contributed by atoms with Gasteiger partial charge in [-0.25, -0.2) is 4.98 Å². The average molecular weight is 323 g/mol. The van der Waals surface area contributed by atoms with Crippen LogP contribution in [0.5, 0.6) is 0 Å². The number of rotatable bonds is 6. The van der Waals surface area contributed by atoms with E-state index in [0.29, 0.717) is 6.04 Å². The first-order chi connectivity index (χ1) is 11.8. The maximum atomic E-state index is 4.74. The second kappa shape index (κ2) is 8.29. The molecule has 0 N–H and O–H groups in total. The number of aromatic nitrogens is 1. The van der Waals surface area contributed by atoms with E-state index in [0.717, 1.165) is 5.82 Å². The first-order valence-corrected chi connectivity index (χ1v) is 9.28. The Bertz CT molecular complexity index is 609. The van der Waals surface area contributed by atoms with Crippen LogP contribution in [0.25, 0.3) is 0 Å². The van der Waals surface area contributed by atoms with Gasteiger partial charge in [0, 0.05) is 25.0 Å². The van der Waals surface area contributed by atoms with Crippen molar-refractivity contribution in [2.24, 2.45) is 0 Å². The minimum Gasteiger partial charge on any atom is -0.329 e. The first kappa shape index (κ1) is 17.0. The molecule has 1 aromatic heterocycles. The fraction of sp³-hybridized carbons (Fsp3) is 0.476. The van der Waals surface area contributed by atoms with Gasteiger partial charge in [-0.05, 0) is 56.1 Å². The van der Waals surface area contributed by atoms with Crippen LogP contribution in [0.1, 0.15) is 50.6 Å². The lowest BCUT2D eigenvalue weighted by molar-refractivity contribution is 0.146. The number of pyridine rings is 1. The van der Waals surface area contributed by atoms with Crippen LogP contribution in [-0.4, -0.2) is 30.0 Å². The van der Waals surface area contributed by atoms with Gasteiger partial charge in [0.2, 0.25) is 0 Å². The van der Waals surface area contributed by atoms with Crippen LogP contribution >= 0.6 is 0 Å². The van der Waals surface area contributed by atoms with Crippen molar-refractivity contribution in [3.63, 3.8) is 0 Å². The molecule has 1 aliphatic heterocycles. The number of para-hydroxylation sites is 1. The zero-order valence-corrected chi connectivity index (χ0v) is 15.0. The highest BCUT2D eigenvalue weighted by atomic mass is 15.2. The van der Waals surface area contributed by atoms with Crippen LogP contribution in [0.2, 0.25) is 0 Å². The Hall–Kier alpha value is -1.87. The largest absolute Gasteiger partial charge is 0.329 e. The predicted octanol–water partition coefficient (Wildman–Crippen LogP) is 5.18. The molecule has 24 heavy (non-hydrogen) atoms. The fourth-order valence-electron chi connectivity index (χ4n) is 3.57. The summed E-state index contributed by atoms with van der Waals surface area (Å²) in [6, 6.07) is 15.4. The van der Waals surface area contributed by atoms with E-state index in [1.165, 1.54) is 56.4 Å². The maximum Gasteiger partial charge on any atom is 0.132 e. The van der Waals surface area contributed by atoms with E-state index in [1.54, 1.807) is 0 Å². The summed E-state index contributed by atoms with van der Waals surface area (Å²) >= 11 is 0. The second-order valence-electron chi connectivity index (χ2n) is 6.75. The Morgan fingerprint density at radius 2 is 1.96 bits per heavy atom. The smallest absolute Gasteiger partial charge is 0.132 e. The van der Waals surface area contributed by atoms with Gasteiger partial charge in [-0.15, -0.1) is 0 Å². The van der Waals surface area contributed by atoms with Gasteiger partial charge in [0.25, 0.3) is 0 Å². The Morgan fingerprint density at radius 3 is 2.67 bits per heavy atom. The highest BCUT2D eigenvalue weighted by Gasteiger charge is 2.23. The molecule has 1 aliphatic rings. The average Bonchev–Trinajstić information content (AvgIpc) is 2.67. The summed E-state index contributed by atoms with van der Waals surface area (Å²) < 4.78 is 0. The van der Waals surface area contributed by atoms with Crippen molar-refractivity contribution < 1.29 is 0 Å². The minimum atomic E-state index is 0.550. The number of anilines is 2. The van der Waals surface area contributed by atoms with E-state index in [-0.39, 0.29) is 0 Å². The zero-order chi connectivity index (χ0) is 16.8. The lowest BCUT2D eigenvalue weighted by Gasteiger charge is -2.36. The molecule has 3 rings (SSSR count). The van der Waals surface area contributed by atoms with Crippen LogP contribution in [-0.2, 0) is 0 Å². The van der Waals surface area contributed by atoms with Gasteiger partial charge in [0.1, 0.15) is 5.82 Å². The SMILES string of the molecule is CCCCN1CCCCC1c1ccc(N(C)c2ccccc2)nc1. The van der Waals surface area contributed by atoms with E-state index in [1.807, 2.05) is 6.07 Å². The molecule has 1 atom stereocenters. The minimum absolute atomic E-state index is 0.550. The van der Waals surface area contributed by atoms with Gasteiger partial charge >= 0.3 is 0 Å². The van der Waals surface area contributed by atoms with Crippen LogP contribution in [0.4, 0.5) is 11.5 Å². The zero-order valence-electron chi connectivity index (χ0n) is 15.0. The normalized spacial score (nSPS) is 18.5. The molecule has 2 aromatic rings. The Balaban J connectivity index is 1.73. The molecule has 0 amide bonds. The van der Waals surface area contributed by atoms with Crippen molar-refractivity contribution in [3.05, 3.63) is 54.2 Å². The Kier molecular flexibility index (Phi) is 5.86. The van der Waals surface area contributed by atoms with Crippen LogP contribution in [0.3, 0.4) is 0 Å². The van der Waals surface area contributed by atoms with Gasteiger partial charge in [-0.1, -0.05) is 44.0 Å². The number of nitrogens with zero attached hydrogens (tertiary/aromatic N) is 3. The Labute approximate surface area is 146 Å². The van der Waals surface area contributed by atoms with E-state index in [2.05, 4.69) is 66.4 Å². The monoisotopic (exact) mass is 323 g/mol. The molecule has 1 aromatic carbocycles. The van der Waals surface area contributed by atoms with E-state index < -0.39 is 0 Å². The summed E-state index contributed by atoms with van der Waals surface area (Å²) in [5, 5.41) is 0. The van der Waals surface area contributed by atoms with Gasteiger partial charge in [-0.2, -0.15) is 0 Å². The number of piperidine rings is 1. The molecule has 1 saturated heterocycles. The predicted molar refractivity (Wildman–Crippen MR) is 102 cm³/mol. The topological polar surface area (TPSA) is 19.4 Å². The summed E-state index contributed by atoms with van der Waals surface area (Å²) in [5.41, 5.74) is 2.54. The van der Waals surface area contributed by atoms with Gasteiger partial charge < -0.3 is 4.90 Å². The molecule has 0 aliphatic carbocycles. The molecular formula is C21H29N3. The number of unbranched alkanes of at least 4 members (excludes halogenated alkanes) is 1. The lowest BCUT2D eigenvalue weighted by Crippen LogP contribution is -2.34. The summed E-state index contributed by atoms with van der Waals surface area (Å²) in [6.45, 7) is 4.72. The quantitative estimate of drug-likeness (QED) is 0.730. The van der Waals surface area contributed by atoms with Crippen LogP contribution < -0.4 is 4.90 Å². The van der Waals surface area contributed by atoms with Crippen molar-refractivity contribution in [3.8, 4) is 0 Å². The molecule has 128 valence electrons. The number of hydrogen-bond acceptors (Lipinski definition) is 3. The summed E-state index contributed by atoms with van der Waals surface area (Å²) in [7, 11) is 2.07. The standard InChI is InChI=1S/C21H29N3/c1-3-4-15-24-16-9-8-12-20(24)18-13-14-21(22-17-18)23(2)19-10-6-5-7-11-19/h5-7,10-11,13-14,17,20H,3-4,8-9,12,15-16H2,1-2H3. The first-order valence-electron chi connectivity index (χ1n) is 9.28. The van der Waals surface area contributed by atoms with Crippen molar-refractivity contribution in [2.75, 3.05) is 25.0 Å². The molecule has 1 fully saturated rings. The molecule has 0 saturated carbocycles. The molecule has 0 radical (unpaired) electrons. The third-order valence-electron chi connectivity index (χ3n) is 5.06. The van der Waals surface area contributed by atoms with Crippen molar-refractivity contribution >= 4 is 11.5 Å².